The molecule has 6 nitrogen and oxygen atoms in total. The maximum absolute atomic E-state index is 13.1. The number of carbonyl (C=O) groups is 1. The summed E-state index contributed by atoms with van der Waals surface area (Å²) in [6.07, 6.45) is 0. The third kappa shape index (κ3) is 4.86. The van der Waals surface area contributed by atoms with E-state index in [1.54, 1.807) is 0 Å². The van der Waals surface area contributed by atoms with Crippen molar-refractivity contribution in [3.63, 3.8) is 0 Å². The molecule has 0 unspecified atom stereocenters. The lowest BCUT2D eigenvalue weighted by Crippen LogP contribution is -2.37. The van der Waals surface area contributed by atoms with Gasteiger partial charge in [-0.25, -0.2) is 8.42 Å². The van der Waals surface area contributed by atoms with Crippen LogP contribution in [0.15, 0.2) is 35.3 Å². The van der Waals surface area contributed by atoms with Gasteiger partial charge in [-0.1, -0.05) is 35.5 Å². The minimum absolute atomic E-state index is 0.0759. The number of benzene rings is 2. The van der Waals surface area contributed by atoms with Gasteiger partial charge in [0.05, 0.1) is 17.5 Å². The van der Waals surface area contributed by atoms with E-state index >= 15 is 0 Å². The fraction of sp³-hybridized carbons (Fsp3) is 0.417. The Kier molecular flexibility index (Phi) is 6.11. The number of rotatable bonds is 4. The number of aryl methyl sites for hydroxylation is 5. The number of aliphatic imine (C=N–C) groups is 1. The van der Waals surface area contributed by atoms with Gasteiger partial charge < -0.3 is 10.2 Å². The second-order valence-electron chi connectivity index (χ2n) is 8.97. The van der Waals surface area contributed by atoms with Crippen LogP contribution in [0, 0.1) is 34.6 Å². The SMILES string of the molecule is Cc1cc(C)cc(N(CC(=O)Nc2c(C)cc(C)cc2C)C2=N[C@@H]3CS(=O)(=O)C[C@H]3S2)c1. The van der Waals surface area contributed by atoms with E-state index in [9.17, 15) is 13.2 Å². The Bertz CT molecular complexity index is 1180. The Morgan fingerprint density at radius 1 is 1.00 bits per heavy atom. The number of nitrogens with one attached hydrogen (secondary N) is 1. The van der Waals surface area contributed by atoms with E-state index in [1.165, 1.54) is 11.8 Å². The molecule has 1 fully saturated rings. The van der Waals surface area contributed by atoms with E-state index in [-0.39, 0.29) is 35.2 Å². The van der Waals surface area contributed by atoms with Crippen LogP contribution >= 0.6 is 11.8 Å². The topological polar surface area (TPSA) is 78.8 Å². The van der Waals surface area contributed by atoms with Crippen molar-refractivity contribution in [2.45, 2.75) is 45.9 Å². The van der Waals surface area contributed by atoms with Crippen molar-refractivity contribution in [2.24, 2.45) is 4.99 Å². The van der Waals surface area contributed by atoms with Gasteiger partial charge in [-0.05, 0) is 69.0 Å². The van der Waals surface area contributed by atoms with Crippen LogP contribution < -0.4 is 10.2 Å². The van der Waals surface area contributed by atoms with Crippen molar-refractivity contribution in [3.05, 3.63) is 58.1 Å². The lowest BCUT2D eigenvalue weighted by Gasteiger charge is -2.25. The lowest BCUT2D eigenvalue weighted by atomic mass is 10.1. The average molecular weight is 472 g/mol. The fourth-order valence-corrected chi connectivity index (χ4v) is 8.33. The summed E-state index contributed by atoms with van der Waals surface area (Å²) in [4.78, 5) is 19.8. The van der Waals surface area contributed by atoms with E-state index in [1.807, 2.05) is 51.7 Å². The van der Waals surface area contributed by atoms with Crippen LogP contribution in [0.5, 0.6) is 0 Å². The van der Waals surface area contributed by atoms with Crippen molar-refractivity contribution < 1.29 is 13.2 Å². The molecule has 0 bridgehead atoms. The predicted octanol–water partition coefficient (Wildman–Crippen LogP) is 3.94. The molecule has 4 rings (SSSR count). The number of nitrogens with zero attached hydrogens (tertiary/aromatic N) is 2. The molecule has 0 aromatic heterocycles. The van der Waals surface area contributed by atoms with Crippen LogP contribution in [0.25, 0.3) is 0 Å². The largest absolute Gasteiger partial charge is 0.324 e. The predicted molar refractivity (Wildman–Crippen MR) is 134 cm³/mol. The summed E-state index contributed by atoms with van der Waals surface area (Å²) in [5, 5.41) is 3.72. The van der Waals surface area contributed by atoms with Crippen molar-refractivity contribution >= 4 is 44.0 Å². The first-order valence-corrected chi connectivity index (χ1v) is 13.4. The summed E-state index contributed by atoms with van der Waals surface area (Å²) < 4.78 is 24.0. The normalized spacial score (nSPS) is 21.2. The van der Waals surface area contributed by atoms with E-state index < -0.39 is 9.84 Å². The van der Waals surface area contributed by atoms with Crippen molar-refractivity contribution in [2.75, 3.05) is 28.3 Å². The number of hydrogen-bond acceptors (Lipinski definition) is 6. The number of fused-ring (bicyclic) bond motifs is 1. The maximum atomic E-state index is 13.1. The summed E-state index contributed by atoms with van der Waals surface area (Å²) in [5.41, 5.74) is 7.15. The Morgan fingerprint density at radius 3 is 2.19 bits per heavy atom. The monoisotopic (exact) mass is 471 g/mol. The molecule has 0 saturated carbocycles. The third-order valence-electron chi connectivity index (χ3n) is 5.80. The van der Waals surface area contributed by atoms with Crippen LogP contribution in [0.3, 0.4) is 0 Å². The number of hydrogen-bond donors (Lipinski definition) is 1. The first-order valence-electron chi connectivity index (χ1n) is 10.7. The molecular weight excluding hydrogens is 442 g/mol. The molecule has 2 aromatic carbocycles. The minimum Gasteiger partial charge on any atom is -0.324 e. The summed E-state index contributed by atoms with van der Waals surface area (Å²) >= 11 is 1.47. The quantitative estimate of drug-likeness (QED) is 0.731. The highest BCUT2D eigenvalue weighted by molar-refractivity contribution is 8.15. The van der Waals surface area contributed by atoms with E-state index in [4.69, 9.17) is 4.99 Å². The summed E-state index contributed by atoms with van der Waals surface area (Å²) in [5.74, 6) is 0.0967. The van der Waals surface area contributed by atoms with Gasteiger partial charge in [-0.3, -0.25) is 9.79 Å². The van der Waals surface area contributed by atoms with Gasteiger partial charge in [-0.2, -0.15) is 0 Å². The summed E-state index contributed by atoms with van der Waals surface area (Å²) in [6, 6.07) is 10.0. The molecule has 0 spiro atoms. The molecule has 8 heteroatoms. The van der Waals surface area contributed by atoms with Crippen molar-refractivity contribution in [1.29, 1.82) is 0 Å². The molecule has 0 aliphatic carbocycles. The van der Waals surface area contributed by atoms with Crippen LogP contribution in [0.1, 0.15) is 27.8 Å². The van der Waals surface area contributed by atoms with Gasteiger partial charge in [0, 0.05) is 16.6 Å². The lowest BCUT2D eigenvalue weighted by molar-refractivity contribution is -0.114. The number of amidine groups is 1. The standard InChI is InChI=1S/C24H29N3O3S2/c1-14-6-15(2)10-19(9-14)27(24-25-20-12-32(29,30)13-21(20)31-24)11-22(28)26-23-17(4)7-16(3)8-18(23)5/h6-10,20-21H,11-13H2,1-5H3,(H,26,28)/t20-,21-/m1/s1. The Hall–Kier alpha value is -2.32. The highest BCUT2D eigenvalue weighted by Crippen LogP contribution is 2.37. The van der Waals surface area contributed by atoms with Gasteiger partial charge in [0.1, 0.15) is 6.54 Å². The first kappa shape index (κ1) is 22.9. The van der Waals surface area contributed by atoms with Gasteiger partial charge in [0.2, 0.25) is 5.91 Å². The number of amides is 1. The van der Waals surface area contributed by atoms with Crippen molar-refractivity contribution in [1.82, 2.24) is 0 Å². The molecule has 0 radical (unpaired) electrons. The van der Waals surface area contributed by atoms with Gasteiger partial charge in [0.15, 0.2) is 15.0 Å². The van der Waals surface area contributed by atoms with Crippen LogP contribution in [0.2, 0.25) is 0 Å². The molecule has 2 aliphatic heterocycles. The summed E-state index contributed by atoms with van der Waals surface area (Å²) in [7, 11) is -3.04. The Morgan fingerprint density at radius 2 is 1.59 bits per heavy atom. The van der Waals surface area contributed by atoms with E-state index in [0.29, 0.717) is 5.17 Å². The molecule has 32 heavy (non-hydrogen) atoms. The van der Waals surface area contributed by atoms with Crippen molar-refractivity contribution in [3.8, 4) is 0 Å². The van der Waals surface area contributed by atoms with Crippen LogP contribution in [-0.2, 0) is 14.6 Å². The Labute approximate surface area is 194 Å². The number of thioether (sulfide) groups is 1. The minimum atomic E-state index is -3.04. The molecule has 2 heterocycles. The Balaban J connectivity index is 1.63. The zero-order valence-electron chi connectivity index (χ0n) is 19.1. The van der Waals surface area contributed by atoms with Crippen LogP contribution in [0.4, 0.5) is 11.4 Å². The molecule has 1 saturated heterocycles. The van der Waals surface area contributed by atoms with E-state index in [2.05, 4.69) is 23.5 Å². The average Bonchev–Trinajstić information content (AvgIpc) is 3.15. The third-order valence-corrected chi connectivity index (χ3v) is 9.04. The highest BCUT2D eigenvalue weighted by Gasteiger charge is 2.44. The van der Waals surface area contributed by atoms with Gasteiger partial charge >= 0.3 is 0 Å². The smallest absolute Gasteiger partial charge is 0.244 e. The number of carbonyl (C=O) groups excluding carboxylic acids is 1. The maximum Gasteiger partial charge on any atom is 0.244 e. The second-order valence-corrected chi connectivity index (χ2v) is 12.3. The molecule has 2 aromatic rings. The summed E-state index contributed by atoms with van der Waals surface area (Å²) in [6.45, 7) is 10.2. The highest BCUT2D eigenvalue weighted by atomic mass is 32.2. The number of sulfone groups is 1. The zero-order chi connectivity index (χ0) is 23.2. The fourth-order valence-electron chi connectivity index (χ4n) is 4.55. The zero-order valence-corrected chi connectivity index (χ0v) is 20.7. The molecule has 170 valence electrons. The first-order chi connectivity index (χ1) is 15.0. The second kappa shape index (κ2) is 8.56. The molecule has 2 atom stereocenters. The number of anilines is 2. The molecule has 1 N–H and O–H groups in total. The van der Waals surface area contributed by atoms with Crippen LogP contribution in [-0.4, -0.2) is 48.8 Å². The van der Waals surface area contributed by atoms with E-state index in [0.717, 1.165) is 39.2 Å². The van der Waals surface area contributed by atoms with Gasteiger partial charge in [-0.15, -0.1) is 0 Å². The molecule has 2 aliphatic rings. The molecule has 1 amide bonds. The molecular formula is C24H29N3O3S2. The van der Waals surface area contributed by atoms with Gasteiger partial charge in [0.25, 0.3) is 0 Å².